The smallest absolute Gasteiger partial charge is 0.303 e. The highest BCUT2D eigenvalue weighted by atomic mass is 16.6. The van der Waals surface area contributed by atoms with Crippen LogP contribution in [-0.2, 0) is 23.8 Å². The Morgan fingerprint density at radius 2 is 1.60 bits per heavy atom. The van der Waals surface area contributed by atoms with Crippen LogP contribution in [0.3, 0.4) is 0 Å². The minimum Gasteiger partial charge on any atom is -0.459 e. The van der Waals surface area contributed by atoms with Gasteiger partial charge in [0.25, 0.3) is 0 Å². The second-order valence-corrected chi connectivity index (χ2v) is 5.77. The quantitative estimate of drug-likeness (QED) is 0.742. The van der Waals surface area contributed by atoms with Gasteiger partial charge in [-0.2, -0.15) is 0 Å². The van der Waals surface area contributed by atoms with Crippen molar-refractivity contribution < 1.29 is 23.8 Å². The lowest BCUT2D eigenvalue weighted by molar-refractivity contribution is -0.228. The predicted octanol–water partition coefficient (Wildman–Crippen LogP) is 2.32. The SMILES string of the molecule is CCC1C(OC(C)=O)C(C)OC(C(C)C)C1OC(C)=O. The van der Waals surface area contributed by atoms with Crippen molar-refractivity contribution in [2.75, 3.05) is 0 Å². The van der Waals surface area contributed by atoms with Crippen molar-refractivity contribution in [2.45, 2.75) is 72.4 Å². The Morgan fingerprint density at radius 1 is 1.10 bits per heavy atom. The summed E-state index contributed by atoms with van der Waals surface area (Å²) in [7, 11) is 0. The molecule has 5 heteroatoms. The maximum absolute atomic E-state index is 11.4. The van der Waals surface area contributed by atoms with Crippen LogP contribution in [0.1, 0.15) is 48.0 Å². The van der Waals surface area contributed by atoms with Crippen LogP contribution in [0.25, 0.3) is 0 Å². The van der Waals surface area contributed by atoms with Crippen LogP contribution < -0.4 is 0 Å². The van der Waals surface area contributed by atoms with E-state index in [9.17, 15) is 9.59 Å². The first-order chi connectivity index (χ1) is 9.27. The summed E-state index contributed by atoms with van der Waals surface area (Å²) in [5, 5.41) is 0. The molecule has 0 aromatic heterocycles. The van der Waals surface area contributed by atoms with E-state index < -0.39 is 0 Å². The van der Waals surface area contributed by atoms with Gasteiger partial charge < -0.3 is 14.2 Å². The molecule has 0 aromatic carbocycles. The number of rotatable bonds is 4. The van der Waals surface area contributed by atoms with E-state index in [2.05, 4.69) is 0 Å². The van der Waals surface area contributed by atoms with Gasteiger partial charge in [-0.05, 0) is 19.3 Å². The number of esters is 2. The summed E-state index contributed by atoms with van der Waals surface area (Å²) in [6, 6.07) is 0. The molecule has 1 fully saturated rings. The lowest BCUT2D eigenvalue weighted by atomic mass is 9.81. The number of hydrogen-bond donors (Lipinski definition) is 0. The van der Waals surface area contributed by atoms with Crippen LogP contribution in [0.5, 0.6) is 0 Å². The third kappa shape index (κ3) is 3.95. The lowest BCUT2D eigenvalue weighted by Gasteiger charge is -2.46. The van der Waals surface area contributed by atoms with Gasteiger partial charge in [-0.25, -0.2) is 0 Å². The molecule has 0 amide bonds. The average Bonchev–Trinajstić information content (AvgIpc) is 2.31. The normalized spacial score (nSPS) is 33.9. The Bertz CT molecular complexity index is 352. The third-order valence-corrected chi connectivity index (χ3v) is 3.73. The van der Waals surface area contributed by atoms with Gasteiger partial charge >= 0.3 is 11.9 Å². The highest BCUT2D eigenvalue weighted by Gasteiger charge is 2.47. The van der Waals surface area contributed by atoms with Crippen LogP contribution in [0.4, 0.5) is 0 Å². The summed E-state index contributed by atoms with van der Waals surface area (Å²) >= 11 is 0. The van der Waals surface area contributed by atoms with Crippen molar-refractivity contribution in [1.29, 1.82) is 0 Å². The first kappa shape index (κ1) is 17.0. The summed E-state index contributed by atoms with van der Waals surface area (Å²) in [6.45, 7) is 10.8. The first-order valence-corrected chi connectivity index (χ1v) is 7.27. The lowest BCUT2D eigenvalue weighted by Crippen LogP contribution is -2.57. The van der Waals surface area contributed by atoms with Crippen molar-refractivity contribution >= 4 is 11.9 Å². The van der Waals surface area contributed by atoms with E-state index in [1.54, 1.807) is 0 Å². The summed E-state index contributed by atoms with van der Waals surface area (Å²) in [6.07, 6.45) is -0.379. The number of hydrogen-bond acceptors (Lipinski definition) is 5. The van der Waals surface area contributed by atoms with Crippen molar-refractivity contribution in [3.05, 3.63) is 0 Å². The zero-order valence-corrected chi connectivity index (χ0v) is 13.2. The van der Waals surface area contributed by atoms with E-state index in [0.29, 0.717) is 0 Å². The predicted molar refractivity (Wildman–Crippen MR) is 74.1 cm³/mol. The van der Waals surface area contributed by atoms with Gasteiger partial charge in [-0.15, -0.1) is 0 Å². The molecule has 1 aliphatic rings. The summed E-state index contributed by atoms with van der Waals surface area (Å²) in [5.74, 6) is -0.500. The Labute approximate surface area is 121 Å². The van der Waals surface area contributed by atoms with Crippen LogP contribution >= 0.6 is 0 Å². The van der Waals surface area contributed by atoms with Crippen molar-refractivity contribution in [3.8, 4) is 0 Å². The minimum absolute atomic E-state index is 0.0426. The Morgan fingerprint density at radius 3 is 2.00 bits per heavy atom. The maximum atomic E-state index is 11.4. The van der Waals surface area contributed by atoms with E-state index >= 15 is 0 Å². The van der Waals surface area contributed by atoms with E-state index in [0.717, 1.165) is 6.42 Å². The minimum atomic E-state index is -0.378. The van der Waals surface area contributed by atoms with Crippen molar-refractivity contribution in [1.82, 2.24) is 0 Å². The number of ether oxygens (including phenoxy) is 3. The molecule has 0 N–H and O–H groups in total. The standard InChI is InChI=1S/C15H26O5/c1-7-12-14(19-10(5)16)9(4)18-13(8(2)3)15(12)20-11(6)17/h8-9,12-15H,7H2,1-6H3. The molecule has 0 saturated carbocycles. The zero-order valence-electron chi connectivity index (χ0n) is 13.2. The van der Waals surface area contributed by atoms with E-state index in [1.165, 1.54) is 13.8 Å². The van der Waals surface area contributed by atoms with Crippen LogP contribution in [0.15, 0.2) is 0 Å². The molecule has 20 heavy (non-hydrogen) atoms. The van der Waals surface area contributed by atoms with Gasteiger partial charge in [0.1, 0.15) is 12.2 Å². The van der Waals surface area contributed by atoms with E-state index in [-0.39, 0.29) is 48.2 Å². The summed E-state index contributed by atoms with van der Waals surface area (Å²) in [4.78, 5) is 22.6. The number of carbonyl (C=O) groups excluding carboxylic acids is 2. The Balaban J connectivity index is 3.02. The molecular formula is C15H26O5. The molecule has 0 aliphatic carbocycles. The van der Waals surface area contributed by atoms with Gasteiger partial charge in [0, 0.05) is 19.8 Å². The Kier molecular flexibility index (Phi) is 5.99. The Hall–Kier alpha value is -1.10. The molecule has 1 heterocycles. The molecule has 116 valence electrons. The molecule has 0 aromatic rings. The van der Waals surface area contributed by atoms with Crippen molar-refractivity contribution in [2.24, 2.45) is 11.8 Å². The number of carbonyl (C=O) groups is 2. The van der Waals surface area contributed by atoms with Crippen LogP contribution in [0, 0.1) is 11.8 Å². The fraction of sp³-hybridized carbons (Fsp3) is 0.867. The second-order valence-electron chi connectivity index (χ2n) is 5.77. The highest BCUT2D eigenvalue weighted by Crippen LogP contribution is 2.35. The van der Waals surface area contributed by atoms with Gasteiger partial charge in [-0.1, -0.05) is 20.8 Å². The van der Waals surface area contributed by atoms with Gasteiger partial charge in [0.05, 0.1) is 12.2 Å². The van der Waals surface area contributed by atoms with E-state index in [1.807, 2.05) is 27.7 Å². The monoisotopic (exact) mass is 286 g/mol. The molecule has 1 saturated heterocycles. The third-order valence-electron chi connectivity index (χ3n) is 3.73. The summed E-state index contributed by atoms with van der Waals surface area (Å²) < 4.78 is 16.8. The summed E-state index contributed by atoms with van der Waals surface area (Å²) in [5.41, 5.74) is 0. The van der Waals surface area contributed by atoms with Gasteiger partial charge in [0.15, 0.2) is 0 Å². The molecule has 1 rings (SSSR count). The van der Waals surface area contributed by atoms with Gasteiger partial charge in [-0.3, -0.25) is 9.59 Å². The van der Waals surface area contributed by atoms with Crippen molar-refractivity contribution in [3.63, 3.8) is 0 Å². The topological polar surface area (TPSA) is 61.8 Å². The molecule has 0 spiro atoms. The molecule has 5 unspecified atom stereocenters. The first-order valence-electron chi connectivity index (χ1n) is 7.27. The van der Waals surface area contributed by atoms with Crippen LogP contribution in [-0.4, -0.2) is 36.4 Å². The van der Waals surface area contributed by atoms with Gasteiger partial charge in [0.2, 0.25) is 0 Å². The average molecular weight is 286 g/mol. The molecule has 5 atom stereocenters. The molecular weight excluding hydrogens is 260 g/mol. The maximum Gasteiger partial charge on any atom is 0.303 e. The molecule has 0 radical (unpaired) electrons. The largest absolute Gasteiger partial charge is 0.459 e. The highest BCUT2D eigenvalue weighted by molar-refractivity contribution is 5.67. The second kappa shape index (κ2) is 7.07. The molecule has 5 nitrogen and oxygen atoms in total. The fourth-order valence-corrected chi connectivity index (χ4v) is 2.90. The molecule has 1 aliphatic heterocycles. The molecule has 0 bridgehead atoms. The van der Waals surface area contributed by atoms with Crippen LogP contribution in [0.2, 0.25) is 0 Å². The van der Waals surface area contributed by atoms with E-state index in [4.69, 9.17) is 14.2 Å². The fourth-order valence-electron chi connectivity index (χ4n) is 2.90. The zero-order chi connectivity index (χ0) is 15.4.